The van der Waals surface area contributed by atoms with Gasteiger partial charge in [0.15, 0.2) is 0 Å². The molecule has 0 atom stereocenters. The van der Waals surface area contributed by atoms with Gasteiger partial charge in [-0.25, -0.2) is 0 Å². The summed E-state index contributed by atoms with van der Waals surface area (Å²) in [5.41, 5.74) is 0. The van der Waals surface area contributed by atoms with Crippen LogP contribution >= 0.6 is 0 Å². The Morgan fingerprint density at radius 2 is 1.91 bits per heavy atom. The van der Waals surface area contributed by atoms with Crippen molar-refractivity contribution in [3.63, 3.8) is 0 Å². The number of methoxy groups -OCH3 is 2. The average Bonchev–Trinajstić information content (AvgIpc) is 2.81. The van der Waals surface area contributed by atoms with Crippen LogP contribution in [-0.2, 0) is 4.79 Å². The zero-order valence-corrected chi connectivity index (χ0v) is 13.6. The van der Waals surface area contributed by atoms with Crippen LogP contribution in [0.2, 0.25) is 0 Å². The number of ether oxygens (including phenoxy) is 2. The SMILES string of the molecule is COc1cc2[se]c(C(=O)NCCC(=O)O)c(F)c2cc1OC. The second-order valence-corrected chi connectivity index (χ2v) is 6.56. The Balaban J connectivity index is 2.33. The molecule has 0 saturated carbocycles. The van der Waals surface area contributed by atoms with Crippen LogP contribution in [-0.4, -0.2) is 52.3 Å². The molecular formula is C14H14FNO5Se. The molecule has 0 aliphatic heterocycles. The summed E-state index contributed by atoms with van der Waals surface area (Å²) in [6.45, 7) is -0.0377. The zero-order chi connectivity index (χ0) is 16.3. The van der Waals surface area contributed by atoms with Crippen molar-refractivity contribution >= 4 is 36.0 Å². The summed E-state index contributed by atoms with van der Waals surface area (Å²) < 4.78 is 25.4. The van der Waals surface area contributed by atoms with Crippen LogP contribution in [0.15, 0.2) is 12.1 Å². The molecule has 8 heteroatoms. The van der Waals surface area contributed by atoms with E-state index in [0.29, 0.717) is 21.1 Å². The van der Waals surface area contributed by atoms with Gasteiger partial charge < -0.3 is 0 Å². The molecule has 1 amide bonds. The monoisotopic (exact) mass is 375 g/mol. The topological polar surface area (TPSA) is 84.9 Å². The Labute approximate surface area is 131 Å². The van der Waals surface area contributed by atoms with Crippen molar-refractivity contribution in [2.24, 2.45) is 0 Å². The summed E-state index contributed by atoms with van der Waals surface area (Å²) in [7, 11) is 2.93. The number of carbonyl (C=O) groups excluding carboxylic acids is 1. The van der Waals surface area contributed by atoms with E-state index in [2.05, 4.69) is 5.32 Å². The summed E-state index contributed by atoms with van der Waals surface area (Å²) in [4.78, 5) is 22.4. The third-order valence-electron chi connectivity index (χ3n) is 2.96. The van der Waals surface area contributed by atoms with Crippen LogP contribution < -0.4 is 14.8 Å². The predicted octanol–water partition coefficient (Wildman–Crippen LogP) is 1.26. The van der Waals surface area contributed by atoms with Crippen molar-refractivity contribution in [1.29, 1.82) is 0 Å². The first kappa shape index (κ1) is 16.3. The number of aliphatic carboxylic acids is 1. The summed E-state index contributed by atoms with van der Waals surface area (Å²) in [6.07, 6.45) is -0.206. The van der Waals surface area contributed by atoms with E-state index in [9.17, 15) is 14.0 Å². The number of carboxylic acid groups (broad SMARTS) is 1. The summed E-state index contributed by atoms with van der Waals surface area (Å²) in [5.74, 6) is -1.33. The third kappa shape index (κ3) is 3.23. The van der Waals surface area contributed by atoms with Crippen molar-refractivity contribution in [2.75, 3.05) is 20.8 Å². The molecule has 0 fully saturated rings. The van der Waals surface area contributed by atoms with Crippen molar-refractivity contribution in [3.8, 4) is 11.5 Å². The fourth-order valence-corrected chi connectivity index (χ4v) is 4.02. The van der Waals surface area contributed by atoms with Crippen molar-refractivity contribution in [1.82, 2.24) is 5.32 Å². The number of hydrogen-bond donors (Lipinski definition) is 2. The number of hydrogen-bond acceptors (Lipinski definition) is 4. The molecule has 2 rings (SSSR count). The maximum atomic E-state index is 14.4. The quantitative estimate of drug-likeness (QED) is 0.744. The van der Waals surface area contributed by atoms with E-state index in [4.69, 9.17) is 14.6 Å². The molecule has 2 aromatic rings. The van der Waals surface area contributed by atoms with Crippen LogP contribution in [0.4, 0.5) is 4.39 Å². The molecule has 1 heterocycles. The van der Waals surface area contributed by atoms with E-state index in [-0.39, 0.29) is 17.4 Å². The number of halogens is 1. The molecule has 2 N–H and O–H groups in total. The normalized spacial score (nSPS) is 10.5. The van der Waals surface area contributed by atoms with Crippen LogP contribution in [0.1, 0.15) is 15.7 Å². The molecular weight excluding hydrogens is 360 g/mol. The molecule has 22 heavy (non-hydrogen) atoms. The summed E-state index contributed by atoms with van der Waals surface area (Å²) in [5, 5.41) is 11.3. The Hall–Kier alpha value is -2.05. The average molecular weight is 374 g/mol. The molecule has 118 valence electrons. The van der Waals surface area contributed by atoms with Gasteiger partial charge in [-0.2, -0.15) is 0 Å². The van der Waals surface area contributed by atoms with Gasteiger partial charge in [0, 0.05) is 0 Å². The number of carboxylic acids is 1. The van der Waals surface area contributed by atoms with E-state index in [1.165, 1.54) is 20.3 Å². The van der Waals surface area contributed by atoms with Gasteiger partial charge in [0.05, 0.1) is 0 Å². The molecule has 1 aromatic heterocycles. The van der Waals surface area contributed by atoms with Crippen molar-refractivity contribution < 1.29 is 28.6 Å². The fraction of sp³-hybridized carbons (Fsp3) is 0.286. The van der Waals surface area contributed by atoms with E-state index in [1.54, 1.807) is 6.07 Å². The molecule has 0 bridgehead atoms. The molecule has 1 aromatic carbocycles. The summed E-state index contributed by atoms with van der Waals surface area (Å²) >= 11 is -0.508. The van der Waals surface area contributed by atoms with Crippen molar-refractivity contribution in [3.05, 3.63) is 22.4 Å². The van der Waals surface area contributed by atoms with Gasteiger partial charge >= 0.3 is 131 Å². The van der Waals surface area contributed by atoms with Crippen LogP contribution in [0, 0.1) is 5.82 Å². The van der Waals surface area contributed by atoms with E-state index in [0.717, 1.165) is 0 Å². The van der Waals surface area contributed by atoms with Gasteiger partial charge in [0.2, 0.25) is 0 Å². The molecule has 0 spiro atoms. The minimum absolute atomic E-state index is 0.0377. The van der Waals surface area contributed by atoms with Gasteiger partial charge in [-0.05, 0) is 0 Å². The maximum absolute atomic E-state index is 14.4. The Morgan fingerprint density at radius 3 is 2.50 bits per heavy atom. The number of amides is 1. The first-order valence-corrected chi connectivity index (χ1v) is 8.03. The standard InChI is InChI=1S/C14H14FNO5Se/c1-20-8-5-7-10(6-9(8)21-2)22-13(12(7)15)14(19)16-4-3-11(17)18/h5-6H,3-4H2,1-2H3,(H,16,19)(H,17,18). The predicted molar refractivity (Wildman–Crippen MR) is 78.5 cm³/mol. The second-order valence-electron chi connectivity index (χ2n) is 4.35. The van der Waals surface area contributed by atoms with Gasteiger partial charge in [-0.15, -0.1) is 0 Å². The van der Waals surface area contributed by atoms with Crippen LogP contribution in [0.25, 0.3) is 9.65 Å². The number of carbonyl (C=O) groups is 2. The zero-order valence-electron chi connectivity index (χ0n) is 11.9. The first-order valence-electron chi connectivity index (χ1n) is 6.32. The van der Waals surface area contributed by atoms with Crippen molar-refractivity contribution in [2.45, 2.75) is 6.42 Å². The van der Waals surface area contributed by atoms with Gasteiger partial charge in [0.1, 0.15) is 0 Å². The van der Waals surface area contributed by atoms with E-state index < -0.39 is 32.2 Å². The minimum atomic E-state index is -1.02. The molecule has 0 unspecified atom stereocenters. The van der Waals surface area contributed by atoms with Gasteiger partial charge in [0.25, 0.3) is 0 Å². The molecule has 0 radical (unpaired) electrons. The molecule has 6 nitrogen and oxygen atoms in total. The van der Waals surface area contributed by atoms with E-state index in [1.807, 2.05) is 0 Å². The third-order valence-corrected chi connectivity index (χ3v) is 5.33. The Bertz CT molecular complexity index is 728. The van der Waals surface area contributed by atoms with Gasteiger partial charge in [-0.3, -0.25) is 0 Å². The molecule has 0 saturated heterocycles. The number of benzene rings is 1. The second kappa shape index (κ2) is 6.81. The first-order chi connectivity index (χ1) is 10.5. The van der Waals surface area contributed by atoms with Crippen LogP contribution in [0.3, 0.4) is 0 Å². The summed E-state index contributed by atoms with van der Waals surface area (Å²) in [6, 6.07) is 3.16. The number of rotatable bonds is 6. The molecule has 0 aliphatic carbocycles. The Morgan fingerprint density at radius 1 is 1.27 bits per heavy atom. The molecule has 0 aliphatic rings. The van der Waals surface area contributed by atoms with Crippen LogP contribution in [0.5, 0.6) is 11.5 Å². The number of nitrogens with one attached hydrogen (secondary N) is 1. The Kier molecular flexibility index (Phi) is 5.05. The fourth-order valence-electron chi connectivity index (χ4n) is 1.90. The van der Waals surface area contributed by atoms with Gasteiger partial charge in [-0.1, -0.05) is 0 Å². The number of fused-ring (bicyclic) bond motifs is 1. The van der Waals surface area contributed by atoms with E-state index >= 15 is 0 Å².